The minimum absolute atomic E-state index is 0.0595. The zero-order chi connectivity index (χ0) is 20.2. The van der Waals surface area contributed by atoms with Crippen molar-refractivity contribution in [3.63, 3.8) is 0 Å². The third kappa shape index (κ3) is 4.21. The van der Waals surface area contributed by atoms with E-state index in [1.807, 2.05) is 31.2 Å². The van der Waals surface area contributed by atoms with Crippen LogP contribution in [-0.2, 0) is 19.4 Å². The normalized spacial score (nSPS) is 12.9. The quantitative estimate of drug-likeness (QED) is 0.214. The van der Waals surface area contributed by atoms with Gasteiger partial charge in [0, 0.05) is 17.2 Å². The number of hydrogen-bond donors (Lipinski definition) is 0. The number of benzene rings is 1. The molecule has 0 atom stereocenters. The van der Waals surface area contributed by atoms with Gasteiger partial charge in [0.1, 0.15) is 16.3 Å². The molecule has 4 rings (SSSR count). The van der Waals surface area contributed by atoms with Crippen LogP contribution in [0, 0.1) is 0 Å². The van der Waals surface area contributed by atoms with Crippen LogP contribution >= 0.6 is 23.1 Å². The van der Waals surface area contributed by atoms with Gasteiger partial charge in [-0.05, 0) is 56.0 Å². The van der Waals surface area contributed by atoms with E-state index in [9.17, 15) is 4.79 Å². The molecular weight excluding hydrogens is 404 g/mol. The molecule has 1 aliphatic carbocycles. The van der Waals surface area contributed by atoms with Crippen LogP contribution in [0.25, 0.3) is 10.2 Å². The molecule has 1 aromatic carbocycles. The van der Waals surface area contributed by atoms with Gasteiger partial charge >= 0.3 is 0 Å². The highest BCUT2D eigenvalue weighted by atomic mass is 32.2. The van der Waals surface area contributed by atoms with Gasteiger partial charge in [0.2, 0.25) is 0 Å². The van der Waals surface area contributed by atoms with Gasteiger partial charge in [0.15, 0.2) is 5.16 Å². The van der Waals surface area contributed by atoms with Gasteiger partial charge in [0.05, 0.1) is 18.6 Å². The number of aromatic nitrogens is 2. The van der Waals surface area contributed by atoms with E-state index in [1.165, 1.54) is 10.4 Å². The Morgan fingerprint density at radius 3 is 2.72 bits per heavy atom. The number of fused-ring (bicyclic) bond motifs is 3. The van der Waals surface area contributed by atoms with Crippen LogP contribution in [0.5, 0.6) is 11.5 Å². The zero-order valence-electron chi connectivity index (χ0n) is 16.5. The molecule has 5 nitrogen and oxygen atoms in total. The number of ether oxygens (including phenoxy) is 2. The summed E-state index contributed by atoms with van der Waals surface area (Å²) < 4.78 is 13.0. The Morgan fingerprint density at radius 1 is 1.24 bits per heavy atom. The molecule has 152 valence electrons. The Morgan fingerprint density at radius 2 is 2.00 bits per heavy atom. The maximum atomic E-state index is 13.1. The first-order valence-electron chi connectivity index (χ1n) is 9.85. The van der Waals surface area contributed by atoms with E-state index >= 15 is 0 Å². The summed E-state index contributed by atoms with van der Waals surface area (Å²) in [6.07, 6.45) is 4.94. The van der Waals surface area contributed by atoms with Crippen molar-refractivity contribution in [1.29, 1.82) is 0 Å². The molecular formula is C22H24N2O3S2. The average Bonchev–Trinajstić information content (AvgIpc) is 3.30. The molecule has 0 unspecified atom stereocenters. The van der Waals surface area contributed by atoms with E-state index in [1.54, 1.807) is 33.7 Å². The summed E-state index contributed by atoms with van der Waals surface area (Å²) in [5.41, 5.74) is 1.28. The Labute approximate surface area is 178 Å². The number of allylic oxidation sites excluding steroid dienone is 1. The van der Waals surface area contributed by atoms with Crippen molar-refractivity contribution in [3.8, 4) is 11.5 Å². The largest absolute Gasteiger partial charge is 0.494 e. The highest BCUT2D eigenvalue weighted by molar-refractivity contribution is 7.99. The van der Waals surface area contributed by atoms with Gasteiger partial charge in [-0.1, -0.05) is 17.8 Å². The molecule has 0 saturated carbocycles. The molecule has 2 heterocycles. The molecule has 0 spiro atoms. The molecule has 0 N–H and O–H groups in total. The molecule has 3 aromatic rings. The lowest BCUT2D eigenvalue weighted by Gasteiger charge is -2.11. The molecule has 0 aliphatic heterocycles. The molecule has 0 radical (unpaired) electrons. The number of thioether (sulfide) groups is 1. The first-order valence-corrected chi connectivity index (χ1v) is 11.7. The lowest BCUT2D eigenvalue weighted by atomic mass is 10.2. The zero-order valence-corrected chi connectivity index (χ0v) is 18.1. The number of hydrogen-bond acceptors (Lipinski definition) is 6. The first-order chi connectivity index (χ1) is 14.2. The molecule has 29 heavy (non-hydrogen) atoms. The van der Waals surface area contributed by atoms with E-state index in [4.69, 9.17) is 14.5 Å². The molecule has 1 aliphatic rings. The maximum Gasteiger partial charge on any atom is 0.263 e. The topological polar surface area (TPSA) is 53.4 Å². The molecule has 0 bridgehead atoms. The van der Waals surface area contributed by atoms with Crippen molar-refractivity contribution in [2.24, 2.45) is 0 Å². The van der Waals surface area contributed by atoms with Gasteiger partial charge in [-0.25, -0.2) is 4.98 Å². The highest BCUT2D eigenvalue weighted by Gasteiger charge is 2.23. The highest BCUT2D eigenvalue weighted by Crippen LogP contribution is 2.35. The smallest absolute Gasteiger partial charge is 0.263 e. The number of aryl methyl sites for hydroxylation is 2. The van der Waals surface area contributed by atoms with Crippen molar-refractivity contribution >= 4 is 33.3 Å². The molecule has 0 amide bonds. The molecule has 7 heteroatoms. The predicted molar refractivity (Wildman–Crippen MR) is 120 cm³/mol. The monoisotopic (exact) mass is 428 g/mol. The summed E-state index contributed by atoms with van der Waals surface area (Å²) >= 11 is 3.22. The summed E-state index contributed by atoms with van der Waals surface area (Å²) in [5, 5.41) is 1.55. The van der Waals surface area contributed by atoms with E-state index < -0.39 is 0 Å². The Hall–Kier alpha value is -2.25. The van der Waals surface area contributed by atoms with E-state index in [2.05, 4.69) is 6.58 Å². The predicted octanol–water partition coefficient (Wildman–Crippen LogP) is 4.70. The number of nitrogens with zero attached hydrogens (tertiary/aromatic N) is 2. The molecule has 2 aromatic heterocycles. The number of rotatable bonds is 9. The lowest BCUT2D eigenvalue weighted by Crippen LogP contribution is -2.23. The number of thiophene rings is 1. The van der Waals surface area contributed by atoms with E-state index in [0.29, 0.717) is 25.5 Å². The van der Waals surface area contributed by atoms with Gasteiger partial charge in [-0.2, -0.15) is 0 Å². The standard InChI is InChI=1S/C22H24N2O3S2/c1-3-12-24-21(25)19-17-6-5-7-18(17)29-20(19)23-22(24)28-14-13-27-16-10-8-15(9-11-16)26-4-2/h3,8-11H,1,4-7,12-14H2,2H3. The second kappa shape index (κ2) is 9.05. The summed E-state index contributed by atoms with van der Waals surface area (Å²) in [5.74, 6) is 2.34. The van der Waals surface area contributed by atoms with Crippen LogP contribution in [0.3, 0.4) is 0 Å². The van der Waals surface area contributed by atoms with E-state index in [0.717, 1.165) is 46.1 Å². The molecule has 0 saturated heterocycles. The van der Waals surface area contributed by atoms with Crippen LogP contribution in [-0.4, -0.2) is 28.5 Å². The second-order valence-electron chi connectivity index (χ2n) is 6.74. The fourth-order valence-electron chi connectivity index (χ4n) is 3.55. The van der Waals surface area contributed by atoms with Gasteiger partial charge in [-0.15, -0.1) is 17.9 Å². The van der Waals surface area contributed by atoms with Crippen LogP contribution in [0.2, 0.25) is 0 Å². The Bertz CT molecular complexity index is 1070. The van der Waals surface area contributed by atoms with E-state index in [-0.39, 0.29) is 5.56 Å². The summed E-state index contributed by atoms with van der Waals surface area (Å²) in [7, 11) is 0. The summed E-state index contributed by atoms with van der Waals surface area (Å²) in [6, 6.07) is 7.61. The van der Waals surface area contributed by atoms with Crippen molar-refractivity contribution in [3.05, 3.63) is 57.7 Å². The average molecular weight is 429 g/mol. The second-order valence-corrected chi connectivity index (χ2v) is 8.88. The SMILES string of the molecule is C=CCn1c(SCCOc2ccc(OCC)cc2)nc2sc3c(c2c1=O)CCC3. The minimum Gasteiger partial charge on any atom is -0.494 e. The van der Waals surface area contributed by atoms with Crippen molar-refractivity contribution in [1.82, 2.24) is 9.55 Å². The van der Waals surface area contributed by atoms with Crippen molar-refractivity contribution in [2.45, 2.75) is 37.9 Å². The van der Waals surface area contributed by atoms with Crippen molar-refractivity contribution < 1.29 is 9.47 Å². The van der Waals surface area contributed by atoms with Crippen LogP contribution < -0.4 is 15.0 Å². The Kier molecular flexibility index (Phi) is 6.25. The maximum absolute atomic E-state index is 13.1. The summed E-state index contributed by atoms with van der Waals surface area (Å²) in [4.78, 5) is 20.1. The summed E-state index contributed by atoms with van der Waals surface area (Å²) in [6.45, 7) is 7.41. The third-order valence-corrected chi connectivity index (χ3v) is 6.95. The van der Waals surface area contributed by atoms with Crippen LogP contribution in [0.4, 0.5) is 0 Å². The van der Waals surface area contributed by atoms with Gasteiger partial charge < -0.3 is 9.47 Å². The minimum atomic E-state index is 0.0595. The van der Waals surface area contributed by atoms with Crippen LogP contribution in [0.15, 0.2) is 46.9 Å². The lowest BCUT2D eigenvalue weighted by molar-refractivity contribution is 0.332. The molecule has 0 fully saturated rings. The third-order valence-electron chi connectivity index (χ3n) is 4.82. The Balaban J connectivity index is 1.46. The van der Waals surface area contributed by atoms with Crippen LogP contribution in [0.1, 0.15) is 23.8 Å². The first kappa shape index (κ1) is 20.0. The van der Waals surface area contributed by atoms with Crippen molar-refractivity contribution in [2.75, 3.05) is 19.0 Å². The fraction of sp³-hybridized carbons (Fsp3) is 0.364. The van der Waals surface area contributed by atoms with Gasteiger partial charge in [-0.3, -0.25) is 9.36 Å². The van der Waals surface area contributed by atoms with Gasteiger partial charge in [0.25, 0.3) is 5.56 Å². The fourth-order valence-corrected chi connectivity index (χ4v) is 5.68.